The molecule has 7 nitrogen and oxygen atoms in total. The molecule has 3 aromatic heterocycles. The summed E-state index contributed by atoms with van der Waals surface area (Å²) < 4.78 is 63.8. The quantitative estimate of drug-likeness (QED) is 0.367. The Hall–Kier alpha value is -3.89. The third-order valence-corrected chi connectivity index (χ3v) is 6.81. The highest BCUT2D eigenvalue weighted by Crippen LogP contribution is 2.48. The number of alkyl halides is 3. The first kappa shape index (κ1) is 22.6. The number of rotatable bonds is 1. The molecule has 4 heterocycles. The fraction of sp³-hybridized carbons (Fsp3) is 0.320. The van der Waals surface area contributed by atoms with E-state index in [2.05, 4.69) is 15.2 Å². The van der Waals surface area contributed by atoms with E-state index in [1.165, 1.54) is 18.3 Å². The summed E-state index contributed by atoms with van der Waals surface area (Å²) in [5.41, 5.74) is 10.9. The fourth-order valence-electron chi connectivity index (χ4n) is 5.39. The molecule has 2 aliphatic rings. The Kier molecular flexibility index (Phi) is 4.89. The number of fused-ring (bicyclic) bond motifs is 7. The van der Waals surface area contributed by atoms with Crippen LogP contribution in [0.4, 0.5) is 23.4 Å². The normalized spacial score (nSPS) is 18.5. The van der Waals surface area contributed by atoms with Crippen LogP contribution in [-0.4, -0.2) is 30.7 Å². The van der Waals surface area contributed by atoms with Crippen molar-refractivity contribution in [3.05, 3.63) is 64.9 Å². The standard InChI is InChI=1S/C25H22F4N6O/c1-12-17-8-14(26)3-4-16(17)22-18(10-34(2)33-22)15-5-6-19-21(15)23(35(32-19)11-25(27,28)29)13-7-20(36-12)24(30)31-9-13/h3-4,7-10,12,15H,5-6,11H2,1-2H3,(H2,30,31)/t12-,15?/m1/s1. The zero-order valence-corrected chi connectivity index (χ0v) is 19.5. The first-order valence-corrected chi connectivity index (χ1v) is 11.5. The van der Waals surface area contributed by atoms with Gasteiger partial charge in [0.25, 0.3) is 0 Å². The molecule has 0 amide bonds. The molecule has 2 N–H and O–H groups in total. The van der Waals surface area contributed by atoms with Crippen LogP contribution >= 0.6 is 0 Å². The van der Waals surface area contributed by atoms with Gasteiger partial charge in [-0.15, -0.1) is 0 Å². The summed E-state index contributed by atoms with van der Waals surface area (Å²) >= 11 is 0. The summed E-state index contributed by atoms with van der Waals surface area (Å²) in [4.78, 5) is 4.22. The molecule has 1 aromatic carbocycles. The van der Waals surface area contributed by atoms with E-state index < -0.39 is 24.6 Å². The average Bonchev–Trinajstić information content (AvgIpc) is 3.46. The SMILES string of the molecule is C[C@H]1Oc2cc(cnc2N)-c2c3c(nn2CC(F)(F)F)CCC3c2cn(C)nc2-c2ccc(F)cc21. The number of ether oxygens (including phenoxy) is 1. The molecule has 1 aliphatic carbocycles. The predicted octanol–water partition coefficient (Wildman–Crippen LogP) is 5.16. The van der Waals surface area contributed by atoms with Crippen molar-refractivity contribution in [2.24, 2.45) is 7.05 Å². The minimum absolute atomic E-state index is 0.0780. The Balaban J connectivity index is 1.68. The Bertz CT molecular complexity index is 1510. The lowest BCUT2D eigenvalue weighted by molar-refractivity contribution is -0.142. The molecule has 36 heavy (non-hydrogen) atoms. The largest absolute Gasteiger partial charge is 0.482 e. The smallest absolute Gasteiger partial charge is 0.408 e. The second-order valence-electron chi connectivity index (χ2n) is 9.28. The summed E-state index contributed by atoms with van der Waals surface area (Å²) in [6, 6.07) is 6.01. The molecule has 0 saturated carbocycles. The molecule has 6 rings (SSSR count). The lowest BCUT2D eigenvalue weighted by atomic mass is 9.88. The van der Waals surface area contributed by atoms with Crippen LogP contribution in [0, 0.1) is 5.82 Å². The zero-order valence-electron chi connectivity index (χ0n) is 19.5. The van der Waals surface area contributed by atoms with Crippen LogP contribution in [0.5, 0.6) is 5.75 Å². The van der Waals surface area contributed by atoms with Gasteiger partial charge in [-0.05, 0) is 44.0 Å². The van der Waals surface area contributed by atoms with Crippen LogP contribution in [-0.2, 0) is 20.0 Å². The molecule has 1 unspecified atom stereocenters. The number of hydrogen-bond acceptors (Lipinski definition) is 5. The van der Waals surface area contributed by atoms with Gasteiger partial charge in [0.05, 0.1) is 17.1 Å². The van der Waals surface area contributed by atoms with Gasteiger partial charge in [0.15, 0.2) is 11.6 Å². The third-order valence-electron chi connectivity index (χ3n) is 6.81. The number of nitrogens with zero attached hydrogens (tertiary/aromatic N) is 5. The number of nitrogen functional groups attached to an aromatic ring is 1. The van der Waals surface area contributed by atoms with Gasteiger partial charge in [-0.2, -0.15) is 23.4 Å². The Labute approximate surface area is 203 Å². The number of benzene rings is 1. The summed E-state index contributed by atoms with van der Waals surface area (Å²) in [6.07, 6.45) is -0.623. The van der Waals surface area contributed by atoms with Crippen molar-refractivity contribution in [2.75, 3.05) is 5.73 Å². The van der Waals surface area contributed by atoms with Gasteiger partial charge >= 0.3 is 6.18 Å². The average molecular weight is 498 g/mol. The number of halogens is 4. The molecule has 186 valence electrons. The van der Waals surface area contributed by atoms with Crippen LogP contribution in [0.2, 0.25) is 0 Å². The number of hydrogen-bond donors (Lipinski definition) is 1. The maximum atomic E-state index is 14.4. The predicted molar refractivity (Wildman–Crippen MR) is 124 cm³/mol. The summed E-state index contributed by atoms with van der Waals surface area (Å²) in [5, 5.41) is 9.06. The molecule has 4 aromatic rings. The lowest BCUT2D eigenvalue weighted by Gasteiger charge is -2.22. The lowest BCUT2D eigenvalue weighted by Crippen LogP contribution is -2.20. The van der Waals surface area contributed by atoms with Crippen molar-refractivity contribution in [3.63, 3.8) is 0 Å². The maximum absolute atomic E-state index is 14.4. The van der Waals surface area contributed by atoms with Crippen molar-refractivity contribution < 1.29 is 22.3 Å². The van der Waals surface area contributed by atoms with E-state index in [4.69, 9.17) is 10.5 Å². The second-order valence-corrected chi connectivity index (χ2v) is 9.28. The summed E-state index contributed by atoms with van der Waals surface area (Å²) in [5.74, 6) is -0.406. The van der Waals surface area contributed by atoms with E-state index >= 15 is 0 Å². The highest BCUT2D eigenvalue weighted by molar-refractivity contribution is 5.74. The number of aromatic nitrogens is 5. The van der Waals surface area contributed by atoms with Crippen LogP contribution in [0.1, 0.15) is 47.8 Å². The van der Waals surface area contributed by atoms with E-state index in [0.29, 0.717) is 52.2 Å². The molecule has 0 radical (unpaired) electrons. The van der Waals surface area contributed by atoms with Gasteiger partial charge < -0.3 is 10.5 Å². The molecule has 1 aliphatic heterocycles. The summed E-state index contributed by atoms with van der Waals surface area (Å²) in [7, 11) is 1.78. The van der Waals surface area contributed by atoms with Gasteiger partial charge in [0, 0.05) is 53.2 Å². The zero-order chi connectivity index (χ0) is 25.4. The van der Waals surface area contributed by atoms with E-state index in [0.717, 1.165) is 10.2 Å². The number of pyridine rings is 1. The van der Waals surface area contributed by atoms with Crippen LogP contribution in [0.25, 0.3) is 22.5 Å². The van der Waals surface area contributed by atoms with Crippen molar-refractivity contribution in [1.82, 2.24) is 24.5 Å². The topological polar surface area (TPSA) is 83.8 Å². The second kappa shape index (κ2) is 7.81. The van der Waals surface area contributed by atoms with Crippen LogP contribution in [0.15, 0.2) is 36.7 Å². The van der Waals surface area contributed by atoms with E-state index in [-0.39, 0.29) is 17.5 Å². The van der Waals surface area contributed by atoms with Crippen LogP contribution in [0.3, 0.4) is 0 Å². The van der Waals surface area contributed by atoms with Crippen molar-refractivity contribution in [1.29, 1.82) is 0 Å². The molecule has 11 heteroatoms. The number of nitrogens with two attached hydrogens (primary N) is 1. The molecular formula is C25H22F4N6O. The molecule has 0 saturated heterocycles. The number of anilines is 1. The van der Waals surface area contributed by atoms with Gasteiger partial charge in [-0.1, -0.05) is 0 Å². The Morgan fingerprint density at radius 2 is 1.97 bits per heavy atom. The van der Waals surface area contributed by atoms with Gasteiger partial charge in [-0.25, -0.2) is 9.37 Å². The molecular weight excluding hydrogens is 476 g/mol. The van der Waals surface area contributed by atoms with Gasteiger partial charge in [-0.3, -0.25) is 9.36 Å². The first-order valence-electron chi connectivity index (χ1n) is 11.5. The maximum Gasteiger partial charge on any atom is 0.408 e. The fourth-order valence-corrected chi connectivity index (χ4v) is 5.39. The summed E-state index contributed by atoms with van der Waals surface area (Å²) in [6.45, 7) is 0.521. The minimum atomic E-state index is -4.47. The van der Waals surface area contributed by atoms with Gasteiger partial charge in [0.2, 0.25) is 0 Å². The van der Waals surface area contributed by atoms with Crippen molar-refractivity contribution >= 4 is 5.82 Å². The number of aryl methyl sites for hydroxylation is 2. The molecule has 0 fully saturated rings. The minimum Gasteiger partial charge on any atom is -0.482 e. The molecule has 0 spiro atoms. The monoisotopic (exact) mass is 498 g/mol. The highest BCUT2D eigenvalue weighted by Gasteiger charge is 2.38. The van der Waals surface area contributed by atoms with Crippen LogP contribution < -0.4 is 10.5 Å². The van der Waals surface area contributed by atoms with E-state index in [1.54, 1.807) is 30.8 Å². The van der Waals surface area contributed by atoms with E-state index in [9.17, 15) is 17.6 Å². The third kappa shape index (κ3) is 3.61. The first-order chi connectivity index (χ1) is 17.1. The van der Waals surface area contributed by atoms with E-state index in [1.807, 2.05) is 6.20 Å². The Morgan fingerprint density at radius 3 is 2.75 bits per heavy atom. The van der Waals surface area contributed by atoms with Crippen molar-refractivity contribution in [2.45, 2.75) is 44.5 Å². The Morgan fingerprint density at radius 1 is 1.17 bits per heavy atom. The van der Waals surface area contributed by atoms with Gasteiger partial charge in [0.1, 0.15) is 18.5 Å². The molecule has 2 atom stereocenters. The van der Waals surface area contributed by atoms with Crippen molar-refractivity contribution in [3.8, 4) is 28.3 Å². The molecule has 2 bridgehead atoms. The highest BCUT2D eigenvalue weighted by atomic mass is 19.4.